The maximum atomic E-state index is 12.4. The van der Waals surface area contributed by atoms with E-state index >= 15 is 0 Å². The number of rotatable bonds is 4. The Bertz CT molecular complexity index is 373. The second kappa shape index (κ2) is 6.83. The lowest BCUT2D eigenvalue weighted by Gasteiger charge is -2.26. The minimum absolute atomic E-state index is 0.278. The quantitative estimate of drug-likeness (QED) is 0.827. The largest absolute Gasteiger partial charge is 0.313 e. The van der Waals surface area contributed by atoms with Crippen molar-refractivity contribution in [1.82, 2.24) is 0 Å². The standard InChI is InChI=1S/C15H21NOS/c1-2-16(14-6-4-3-5-7-14)15(17)12-13-8-10-18-11-9-13/h3-7,13H,2,8-12H2,1H3. The number of carbonyl (C=O) groups excluding carboxylic acids is 1. The van der Waals surface area contributed by atoms with Crippen molar-refractivity contribution in [2.75, 3.05) is 23.0 Å². The van der Waals surface area contributed by atoms with Crippen LogP contribution in [-0.4, -0.2) is 24.0 Å². The summed E-state index contributed by atoms with van der Waals surface area (Å²) < 4.78 is 0. The van der Waals surface area contributed by atoms with Crippen molar-refractivity contribution < 1.29 is 4.79 Å². The highest BCUT2D eigenvalue weighted by Gasteiger charge is 2.21. The zero-order valence-electron chi connectivity index (χ0n) is 11.0. The normalized spacial score (nSPS) is 16.5. The summed E-state index contributed by atoms with van der Waals surface area (Å²) in [6, 6.07) is 9.99. The lowest BCUT2D eigenvalue weighted by molar-refractivity contribution is -0.119. The highest BCUT2D eigenvalue weighted by atomic mass is 32.2. The molecule has 18 heavy (non-hydrogen) atoms. The number of benzene rings is 1. The van der Waals surface area contributed by atoms with Gasteiger partial charge in [0, 0.05) is 18.7 Å². The van der Waals surface area contributed by atoms with E-state index in [0.717, 1.165) is 12.2 Å². The molecular weight excluding hydrogens is 242 g/mol. The van der Waals surface area contributed by atoms with Crippen LogP contribution in [0.5, 0.6) is 0 Å². The van der Waals surface area contributed by atoms with Gasteiger partial charge in [0.25, 0.3) is 0 Å². The van der Waals surface area contributed by atoms with Crippen molar-refractivity contribution in [3.63, 3.8) is 0 Å². The van der Waals surface area contributed by atoms with Crippen molar-refractivity contribution in [2.45, 2.75) is 26.2 Å². The zero-order valence-corrected chi connectivity index (χ0v) is 11.8. The topological polar surface area (TPSA) is 20.3 Å². The molecule has 0 aromatic heterocycles. The Hall–Kier alpha value is -0.960. The summed E-state index contributed by atoms with van der Waals surface area (Å²) in [6.07, 6.45) is 3.11. The molecule has 0 spiro atoms. The molecule has 0 aliphatic carbocycles. The van der Waals surface area contributed by atoms with Crippen molar-refractivity contribution in [1.29, 1.82) is 0 Å². The number of nitrogens with zero attached hydrogens (tertiary/aromatic N) is 1. The summed E-state index contributed by atoms with van der Waals surface area (Å²) in [5.41, 5.74) is 1.02. The minimum atomic E-state index is 0.278. The molecule has 0 atom stereocenters. The monoisotopic (exact) mass is 263 g/mol. The van der Waals surface area contributed by atoms with E-state index in [1.165, 1.54) is 24.3 Å². The highest BCUT2D eigenvalue weighted by molar-refractivity contribution is 7.99. The SMILES string of the molecule is CCN(C(=O)CC1CCSCC1)c1ccccc1. The summed E-state index contributed by atoms with van der Waals surface area (Å²) in [5, 5.41) is 0. The molecule has 0 bridgehead atoms. The van der Waals surface area contributed by atoms with Crippen molar-refractivity contribution in [2.24, 2.45) is 5.92 Å². The third-order valence-corrected chi connectivity index (χ3v) is 4.54. The Kier molecular flexibility index (Phi) is 5.12. The number of para-hydroxylation sites is 1. The van der Waals surface area contributed by atoms with Gasteiger partial charge in [-0.25, -0.2) is 0 Å². The fraction of sp³-hybridized carbons (Fsp3) is 0.533. The molecule has 0 saturated carbocycles. The van der Waals surface area contributed by atoms with E-state index in [9.17, 15) is 4.79 Å². The number of anilines is 1. The molecule has 3 heteroatoms. The molecule has 2 rings (SSSR count). The van der Waals surface area contributed by atoms with E-state index in [4.69, 9.17) is 0 Å². The van der Waals surface area contributed by atoms with Crippen LogP contribution in [0.1, 0.15) is 26.2 Å². The number of amides is 1. The van der Waals surface area contributed by atoms with Gasteiger partial charge in [0.1, 0.15) is 0 Å². The first-order chi connectivity index (χ1) is 8.81. The molecule has 1 amide bonds. The highest BCUT2D eigenvalue weighted by Crippen LogP contribution is 2.26. The number of carbonyl (C=O) groups is 1. The molecule has 0 N–H and O–H groups in total. The van der Waals surface area contributed by atoms with E-state index in [2.05, 4.69) is 0 Å². The van der Waals surface area contributed by atoms with Gasteiger partial charge in [0.05, 0.1) is 0 Å². The summed E-state index contributed by atoms with van der Waals surface area (Å²) in [7, 11) is 0. The van der Waals surface area contributed by atoms with Crippen molar-refractivity contribution >= 4 is 23.4 Å². The summed E-state index contributed by atoms with van der Waals surface area (Å²) in [5.74, 6) is 3.31. The lowest BCUT2D eigenvalue weighted by Crippen LogP contribution is -2.32. The zero-order chi connectivity index (χ0) is 12.8. The van der Waals surface area contributed by atoms with Gasteiger partial charge < -0.3 is 4.90 Å². The predicted octanol–water partition coefficient (Wildman–Crippen LogP) is 3.57. The van der Waals surface area contributed by atoms with Crippen LogP contribution >= 0.6 is 11.8 Å². The van der Waals surface area contributed by atoms with Gasteiger partial charge in [-0.3, -0.25) is 4.79 Å². The maximum Gasteiger partial charge on any atom is 0.227 e. The Morgan fingerprint density at radius 3 is 2.56 bits per heavy atom. The third kappa shape index (κ3) is 3.52. The van der Waals surface area contributed by atoms with Crippen molar-refractivity contribution in [3.8, 4) is 0 Å². The maximum absolute atomic E-state index is 12.4. The molecule has 1 heterocycles. The average Bonchev–Trinajstić information content (AvgIpc) is 2.42. The van der Waals surface area contributed by atoms with Crippen LogP contribution in [0.2, 0.25) is 0 Å². The van der Waals surface area contributed by atoms with Gasteiger partial charge in [-0.1, -0.05) is 18.2 Å². The molecule has 1 aromatic rings. The first-order valence-electron chi connectivity index (χ1n) is 6.74. The molecule has 1 fully saturated rings. The van der Waals surface area contributed by atoms with Crippen LogP contribution in [0.15, 0.2) is 30.3 Å². The Morgan fingerprint density at radius 2 is 1.94 bits per heavy atom. The minimum Gasteiger partial charge on any atom is -0.313 e. The van der Waals surface area contributed by atoms with E-state index < -0.39 is 0 Å². The molecule has 2 nitrogen and oxygen atoms in total. The van der Waals surface area contributed by atoms with Crippen LogP contribution in [0, 0.1) is 5.92 Å². The summed E-state index contributed by atoms with van der Waals surface area (Å²) >= 11 is 2.01. The fourth-order valence-corrected chi connectivity index (χ4v) is 3.62. The number of hydrogen-bond donors (Lipinski definition) is 0. The smallest absolute Gasteiger partial charge is 0.227 e. The Morgan fingerprint density at radius 1 is 1.28 bits per heavy atom. The average molecular weight is 263 g/mol. The number of hydrogen-bond acceptors (Lipinski definition) is 2. The molecule has 1 aliphatic heterocycles. The van der Waals surface area contributed by atoms with Gasteiger partial charge in [-0.2, -0.15) is 11.8 Å². The van der Waals surface area contributed by atoms with Crippen LogP contribution in [-0.2, 0) is 4.79 Å². The Balaban J connectivity index is 1.97. The second-order valence-electron chi connectivity index (χ2n) is 4.73. The van der Waals surface area contributed by atoms with Gasteiger partial charge in [0.15, 0.2) is 0 Å². The van der Waals surface area contributed by atoms with Crippen LogP contribution < -0.4 is 4.90 Å². The van der Waals surface area contributed by atoms with Crippen LogP contribution in [0.4, 0.5) is 5.69 Å². The van der Waals surface area contributed by atoms with Crippen LogP contribution in [0.25, 0.3) is 0 Å². The molecule has 1 saturated heterocycles. The molecule has 1 aliphatic rings. The molecule has 0 radical (unpaired) electrons. The number of thioether (sulfide) groups is 1. The predicted molar refractivity (Wildman–Crippen MR) is 79.1 cm³/mol. The van der Waals surface area contributed by atoms with E-state index in [1.54, 1.807) is 0 Å². The first kappa shape index (κ1) is 13.5. The molecule has 1 aromatic carbocycles. The van der Waals surface area contributed by atoms with Gasteiger partial charge in [-0.15, -0.1) is 0 Å². The van der Waals surface area contributed by atoms with E-state index in [1.807, 2.05) is 53.9 Å². The van der Waals surface area contributed by atoms with Crippen molar-refractivity contribution in [3.05, 3.63) is 30.3 Å². The molecule has 0 unspecified atom stereocenters. The molecular formula is C15H21NOS. The van der Waals surface area contributed by atoms with E-state index in [-0.39, 0.29) is 5.91 Å². The first-order valence-corrected chi connectivity index (χ1v) is 7.90. The van der Waals surface area contributed by atoms with Gasteiger partial charge >= 0.3 is 0 Å². The fourth-order valence-electron chi connectivity index (χ4n) is 2.42. The van der Waals surface area contributed by atoms with Crippen LogP contribution in [0.3, 0.4) is 0 Å². The molecule has 98 valence electrons. The van der Waals surface area contributed by atoms with Gasteiger partial charge in [0.2, 0.25) is 5.91 Å². The lowest BCUT2D eigenvalue weighted by atomic mass is 9.98. The van der Waals surface area contributed by atoms with E-state index in [0.29, 0.717) is 12.3 Å². The van der Waals surface area contributed by atoms with Gasteiger partial charge in [-0.05, 0) is 49.3 Å². The Labute approximate surface area is 114 Å². The second-order valence-corrected chi connectivity index (χ2v) is 5.96. The summed E-state index contributed by atoms with van der Waals surface area (Å²) in [6.45, 7) is 2.80. The summed E-state index contributed by atoms with van der Waals surface area (Å²) in [4.78, 5) is 14.3. The third-order valence-electron chi connectivity index (χ3n) is 3.49.